The van der Waals surface area contributed by atoms with Crippen LogP contribution in [0.5, 0.6) is 0 Å². The summed E-state index contributed by atoms with van der Waals surface area (Å²) in [7, 11) is 1.76. The van der Waals surface area contributed by atoms with Gasteiger partial charge in [-0.25, -0.2) is 4.79 Å². The largest absolute Gasteiger partial charge is 0.444 e. The molecule has 1 amide bonds. The number of hydrogen-bond donors (Lipinski definition) is 2. The van der Waals surface area contributed by atoms with Crippen LogP contribution in [0, 0.1) is 0 Å². The number of nitrogens with one attached hydrogen (secondary N) is 2. The minimum atomic E-state index is -0.496. The summed E-state index contributed by atoms with van der Waals surface area (Å²) in [5, 5.41) is 10.5. The molecule has 0 spiro atoms. The SMILES string of the molecule is CCC(CC)c1cc(CNC(=NC)N2CCC(NC(=O)OC(C)(C)C)C2)on1. The molecule has 1 unspecified atom stereocenters. The highest BCUT2D eigenvalue weighted by Crippen LogP contribution is 2.22. The van der Waals surface area contributed by atoms with Gasteiger partial charge >= 0.3 is 6.09 Å². The van der Waals surface area contributed by atoms with E-state index >= 15 is 0 Å². The summed E-state index contributed by atoms with van der Waals surface area (Å²) in [6.45, 7) is 11.9. The van der Waals surface area contributed by atoms with Crippen molar-refractivity contribution in [1.29, 1.82) is 0 Å². The molecular formula is C20H35N5O3. The molecular weight excluding hydrogens is 358 g/mol. The minimum Gasteiger partial charge on any atom is -0.444 e. The Morgan fingerprint density at radius 1 is 1.43 bits per heavy atom. The van der Waals surface area contributed by atoms with E-state index in [9.17, 15) is 4.79 Å². The molecule has 0 aliphatic carbocycles. The maximum Gasteiger partial charge on any atom is 0.407 e. The lowest BCUT2D eigenvalue weighted by Crippen LogP contribution is -2.44. The average Bonchev–Trinajstić information content (AvgIpc) is 3.25. The Hall–Kier alpha value is -2.25. The van der Waals surface area contributed by atoms with Crippen LogP contribution in [0.25, 0.3) is 0 Å². The Morgan fingerprint density at radius 3 is 2.75 bits per heavy atom. The lowest BCUT2D eigenvalue weighted by atomic mass is 9.99. The number of likely N-dealkylation sites (tertiary alicyclic amines) is 1. The van der Waals surface area contributed by atoms with Crippen LogP contribution in [0.15, 0.2) is 15.6 Å². The molecule has 2 heterocycles. The van der Waals surface area contributed by atoms with Gasteiger partial charge in [0, 0.05) is 32.1 Å². The van der Waals surface area contributed by atoms with Gasteiger partial charge in [0.15, 0.2) is 11.7 Å². The normalized spacial score (nSPS) is 17.9. The molecule has 8 heteroatoms. The van der Waals surface area contributed by atoms with Crippen molar-refractivity contribution < 1.29 is 14.1 Å². The van der Waals surface area contributed by atoms with E-state index in [0.29, 0.717) is 19.0 Å². The Kier molecular flexibility index (Phi) is 7.71. The molecule has 1 aromatic heterocycles. The number of alkyl carbamates (subject to hydrolysis) is 1. The fraction of sp³-hybridized carbons (Fsp3) is 0.750. The number of rotatable bonds is 6. The van der Waals surface area contributed by atoms with E-state index in [2.05, 4.69) is 39.5 Å². The number of ether oxygens (including phenoxy) is 1. The van der Waals surface area contributed by atoms with E-state index in [4.69, 9.17) is 9.26 Å². The predicted octanol–water partition coefficient (Wildman–Crippen LogP) is 3.25. The maximum atomic E-state index is 12.0. The molecule has 0 aromatic carbocycles. The Bertz CT molecular complexity index is 661. The van der Waals surface area contributed by atoms with Crippen LogP contribution in [0.1, 0.15) is 71.3 Å². The zero-order chi connectivity index (χ0) is 20.7. The van der Waals surface area contributed by atoms with Crippen LogP contribution in [-0.2, 0) is 11.3 Å². The van der Waals surface area contributed by atoms with Gasteiger partial charge in [0.25, 0.3) is 0 Å². The van der Waals surface area contributed by atoms with Crippen LogP contribution in [0.3, 0.4) is 0 Å². The van der Waals surface area contributed by atoms with E-state index < -0.39 is 5.60 Å². The monoisotopic (exact) mass is 393 g/mol. The Morgan fingerprint density at radius 2 is 2.14 bits per heavy atom. The molecule has 2 rings (SSSR count). The molecule has 8 nitrogen and oxygen atoms in total. The highest BCUT2D eigenvalue weighted by Gasteiger charge is 2.28. The number of nitrogens with zero attached hydrogens (tertiary/aromatic N) is 3. The van der Waals surface area contributed by atoms with E-state index in [1.807, 2.05) is 26.8 Å². The lowest BCUT2D eigenvalue weighted by Gasteiger charge is -2.23. The summed E-state index contributed by atoms with van der Waals surface area (Å²) in [6.07, 6.45) is 2.58. The van der Waals surface area contributed by atoms with Crippen molar-refractivity contribution in [2.75, 3.05) is 20.1 Å². The topological polar surface area (TPSA) is 92.0 Å². The molecule has 0 bridgehead atoms. The Labute approximate surface area is 168 Å². The fourth-order valence-corrected chi connectivity index (χ4v) is 3.35. The highest BCUT2D eigenvalue weighted by molar-refractivity contribution is 5.80. The summed E-state index contributed by atoms with van der Waals surface area (Å²) >= 11 is 0. The van der Waals surface area contributed by atoms with Crippen molar-refractivity contribution in [3.8, 4) is 0 Å². The Balaban J connectivity index is 1.84. The molecule has 1 fully saturated rings. The first-order valence-corrected chi connectivity index (χ1v) is 10.2. The van der Waals surface area contributed by atoms with Crippen molar-refractivity contribution in [2.24, 2.45) is 4.99 Å². The third-order valence-electron chi connectivity index (χ3n) is 4.82. The molecule has 1 aromatic rings. The van der Waals surface area contributed by atoms with Gasteiger partial charge in [0.2, 0.25) is 0 Å². The molecule has 158 valence electrons. The minimum absolute atomic E-state index is 0.0418. The molecule has 1 saturated heterocycles. The van der Waals surface area contributed by atoms with Crippen LogP contribution in [-0.4, -0.2) is 53.9 Å². The van der Waals surface area contributed by atoms with Crippen LogP contribution < -0.4 is 10.6 Å². The second-order valence-corrected chi connectivity index (χ2v) is 8.21. The zero-order valence-electron chi connectivity index (χ0n) is 18.0. The number of carbonyl (C=O) groups excluding carboxylic acids is 1. The van der Waals surface area contributed by atoms with Crippen molar-refractivity contribution in [2.45, 2.75) is 78.0 Å². The van der Waals surface area contributed by atoms with Gasteiger partial charge in [-0.2, -0.15) is 0 Å². The van der Waals surface area contributed by atoms with E-state index in [-0.39, 0.29) is 12.1 Å². The molecule has 1 aliphatic rings. The summed E-state index contributed by atoms with van der Waals surface area (Å²) in [4.78, 5) is 18.4. The van der Waals surface area contributed by atoms with Gasteiger partial charge in [-0.15, -0.1) is 0 Å². The van der Waals surface area contributed by atoms with Crippen molar-refractivity contribution in [3.63, 3.8) is 0 Å². The van der Waals surface area contributed by atoms with Gasteiger partial charge < -0.3 is 24.8 Å². The summed E-state index contributed by atoms with van der Waals surface area (Å²) in [5.41, 5.74) is 0.518. The number of carbonyl (C=O) groups is 1. The maximum absolute atomic E-state index is 12.0. The highest BCUT2D eigenvalue weighted by atomic mass is 16.6. The molecule has 2 N–H and O–H groups in total. The molecule has 0 saturated carbocycles. The zero-order valence-corrected chi connectivity index (χ0v) is 18.0. The predicted molar refractivity (Wildman–Crippen MR) is 109 cm³/mol. The van der Waals surface area contributed by atoms with Gasteiger partial charge in [0.05, 0.1) is 18.3 Å². The first kappa shape index (κ1) is 22.0. The first-order valence-electron chi connectivity index (χ1n) is 10.2. The third kappa shape index (κ3) is 6.42. The molecule has 1 atom stereocenters. The van der Waals surface area contributed by atoms with E-state index in [0.717, 1.165) is 43.2 Å². The smallest absolute Gasteiger partial charge is 0.407 e. The van der Waals surface area contributed by atoms with Gasteiger partial charge in [0.1, 0.15) is 5.60 Å². The standard InChI is InChI=1S/C20H35N5O3/c1-7-14(8-2)17-11-16(28-24-17)12-22-18(21-6)25-10-9-15(13-25)23-19(26)27-20(3,4)5/h11,14-15H,7-10,12-13H2,1-6H3,(H,21,22)(H,23,26). The quantitative estimate of drug-likeness (QED) is 0.569. The number of aliphatic imine (C=N–C) groups is 1. The number of amides is 1. The van der Waals surface area contributed by atoms with E-state index in [1.165, 1.54) is 0 Å². The fourth-order valence-electron chi connectivity index (χ4n) is 3.35. The number of aromatic nitrogens is 1. The summed E-state index contributed by atoms with van der Waals surface area (Å²) < 4.78 is 10.8. The van der Waals surface area contributed by atoms with Gasteiger partial charge in [-0.3, -0.25) is 4.99 Å². The van der Waals surface area contributed by atoms with Crippen LogP contribution >= 0.6 is 0 Å². The third-order valence-corrected chi connectivity index (χ3v) is 4.82. The second-order valence-electron chi connectivity index (χ2n) is 8.21. The number of guanidine groups is 1. The van der Waals surface area contributed by atoms with Gasteiger partial charge in [-0.05, 0) is 40.0 Å². The van der Waals surface area contributed by atoms with Crippen molar-refractivity contribution in [3.05, 3.63) is 17.5 Å². The second kappa shape index (κ2) is 9.80. The summed E-state index contributed by atoms with van der Waals surface area (Å²) in [6, 6.07) is 2.06. The average molecular weight is 394 g/mol. The van der Waals surface area contributed by atoms with Crippen LogP contribution in [0.2, 0.25) is 0 Å². The first-order chi connectivity index (χ1) is 13.3. The number of hydrogen-bond acceptors (Lipinski definition) is 5. The summed E-state index contributed by atoms with van der Waals surface area (Å²) in [5.74, 6) is 2.02. The van der Waals surface area contributed by atoms with Crippen LogP contribution in [0.4, 0.5) is 4.79 Å². The van der Waals surface area contributed by atoms with Crippen molar-refractivity contribution >= 4 is 12.1 Å². The molecule has 0 radical (unpaired) electrons. The molecule has 1 aliphatic heterocycles. The lowest BCUT2D eigenvalue weighted by molar-refractivity contribution is 0.0507. The van der Waals surface area contributed by atoms with Crippen molar-refractivity contribution in [1.82, 2.24) is 20.7 Å². The van der Waals surface area contributed by atoms with E-state index in [1.54, 1.807) is 7.05 Å². The molecule has 28 heavy (non-hydrogen) atoms. The van der Waals surface area contributed by atoms with Gasteiger partial charge in [-0.1, -0.05) is 19.0 Å².